The van der Waals surface area contributed by atoms with Crippen molar-refractivity contribution < 1.29 is 18.4 Å². The van der Waals surface area contributed by atoms with Crippen molar-refractivity contribution in [1.29, 1.82) is 0 Å². The second-order valence-electron chi connectivity index (χ2n) is 7.60. The lowest BCUT2D eigenvalue weighted by molar-refractivity contribution is -0.120. The largest absolute Gasteiger partial charge is 0.350 e. The topological polar surface area (TPSA) is 49.4 Å². The third-order valence-corrected chi connectivity index (χ3v) is 5.22. The minimum absolute atomic E-state index is 0.0307. The number of benzene rings is 3. The molecule has 0 aliphatic carbocycles. The summed E-state index contributed by atoms with van der Waals surface area (Å²) in [6.07, 6.45) is 0. The number of imide groups is 1. The van der Waals surface area contributed by atoms with Gasteiger partial charge >= 0.3 is 0 Å². The van der Waals surface area contributed by atoms with Crippen molar-refractivity contribution in [2.75, 3.05) is 10.2 Å². The monoisotopic (exact) mass is 418 g/mol. The first-order chi connectivity index (χ1) is 14.8. The molecule has 0 aromatic heterocycles. The first-order valence-electron chi connectivity index (χ1n) is 9.75. The summed E-state index contributed by atoms with van der Waals surface area (Å²) < 4.78 is 27.3. The van der Waals surface area contributed by atoms with E-state index in [1.807, 2.05) is 45.0 Å². The molecule has 6 heteroatoms. The zero-order valence-electron chi connectivity index (χ0n) is 17.3. The molecule has 31 heavy (non-hydrogen) atoms. The van der Waals surface area contributed by atoms with Crippen LogP contribution < -0.4 is 10.2 Å². The van der Waals surface area contributed by atoms with Gasteiger partial charge in [0, 0.05) is 11.8 Å². The standard InChI is InChI=1S/C25H20F2N2O2/c1-14-4-7-17(8-5-14)28-23-22(19-10-6-15(2)12-16(19)3)24(30)29(25(23)31)18-9-11-20(26)21(27)13-18/h4-13,28H,1-3H3. The van der Waals surface area contributed by atoms with E-state index in [-0.39, 0.29) is 17.0 Å². The number of aryl methyl sites for hydroxylation is 3. The normalized spacial score (nSPS) is 13.9. The number of amides is 2. The Balaban J connectivity index is 1.86. The van der Waals surface area contributed by atoms with Crippen molar-refractivity contribution in [3.8, 4) is 0 Å². The lowest BCUT2D eigenvalue weighted by Crippen LogP contribution is -2.32. The predicted molar refractivity (Wildman–Crippen MR) is 116 cm³/mol. The van der Waals surface area contributed by atoms with Gasteiger partial charge < -0.3 is 5.32 Å². The number of hydrogen-bond donors (Lipinski definition) is 1. The van der Waals surface area contributed by atoms with E-state index in [4.69, 9.17) is 0 Å². The van der Waals surface area contributed by atoms with Gasteiger partial charge in [-0.05, 0) is 56.2 Å². The molecule has 3 aromatic rings. The van der Waals surface area contributed by atoms with Crippen LogP contribution in [0.5, 0.6) is 0 Å². The molecule has 4 rings (SSSR count). The Labute approximate surface area is 178 Å². The summed E-state index contributed by atoms with van der Waals surface area (Å²) in [5.41, 5.74) is 4.37. The number of carbonyl (C=O) groups is 2. The summed E-state index contributed by atoms with van der Waals surface area (Å²) in [5.74, 6) is -3.42. The summed E-state index contributed by atoms with van der Waals surface area (Å²) in [5, 5.41) is 3.06. The Kier molecular flexibility index (Phi) is 5.15. The summed E-state index contributed by atoms with van der Waals surface area (Å²) in [6.45, 7) is 5.74. The van der Waals surface area contributed by atoms with Crippen molar-refractivity contribution in [3.05, 3.63) is 100 Å². The minimum Gasteiger partial charge on any atom is -0.350 e. The van der Waals surface area contributed by atoms with E-state index in [2.05, 4.69) is 5.32 Å². The molecule has 3 aromatic carbocycles. The SMILES string of the molecule is Cc1ccc(NC2=C(c3ccc(C)cc3C)C(=O)N(c3ccc(F)c(F)c3)C2=O)cc1. The molecule has 1 N–H and O–H groups in total. The van der Waals surface area contributed by atoms with E-state index < -0.39 is 23.4 Å². The van der Waals surface area contributed by atoms with Gasteiger partial charge in [-0.25, -0.2) is 13.7 Å². The van der Waals surface area contributed by atoms with Gasteiger partial charge in [0.2, 0.25) is 0 Å². The van der Waals surface area contributed by atoms with Gasteiger partial charge in [0.25, 0.3) is 11.8 Å². The number of hydrogen-bond acceptors (Lipinski definition) is 3. The molecule has 1 aliphatic rings. The van der Waals surface area contributed by atoms with Gasteiger partial charge in [0.1, 0.15) is 5.70 Å². The van der Waals surface area contributed by atoms with Crippen LogP contribution >= 0.6 is 0 Å². The van der Waals surface area contributed by atoms with Crippen molar-refractivity contribution >= 4 is 28.8 Å². The molecule has 4 nitrogen and oxygen atoms in total. The zero-order chi connectivity index (χ0) is 22.3. The summed E-state index contributed by atoms with van der Waals surface area (Å²) in [6, 6.07) is 15.9. The third kappa shape index (κ3) is 3.72. The van der Waals surface area contributed by atoms with E-state index in [1.165, 1.54) is 6.07 Å². The molecule has 2 amide bonds. The summed E-state index contributed by atoms with van der Waals surface area (Å²) in [7, 11) is 0. The second kappa shape index (κ2) is 7.80. The molecule has 0 saturated carbocycles. The van der Waals surface area contributed by atoms with Gasteiger partial charge in [0.15, 0.2) is 11.6 Å². The Morgan fingerprint density at radius 3 is 2.06 bits per heavy atom. The number of carbonyl (C=O) groups excluding carboxylic acids is 2. The number of halogens is 2. The second-order valence-corrected chi connectivity index (χ2v) is 7.60. The maximum Gasteiger partial charge on any atom is 0.282 e. The molecular formula is C25H20F2N2O2. The fourth-order valence-corrected chi connectivity index (χ4v) is 3.63. The molecule has 0 saturated heterocycles. The molecule has 0 fully saturated rings. The summed E-state index contributed by atoms with van der Waals surface area (Å²) in [4.78, 5) is 27.6. The van der Waals surface area contributed by atoms with Crippen LogP contribution in [-0.2, 0) is 9.59 Å². The maximum atomic E-state index is 13.8. The number of rotatable bonds is 4. The molecule has 1 heterocycles. The van der Waals surface area contributed by atoms with E-state index in [1.54, 1.807) is 18.2 Å². The highest BCUT2D eigenvalue weighted by molar-refractivity contribution is 6.46. The number of nitrogens with zero attached hydrogens (tertiary/aromatic N) is 1. The van der Waals surface area contributed by atoms with E-state index in [0.717, 1.165) is 33.7 Å². The van der Waals surface area contributed by atoms with Crippen LogP contribution in [0.15, 0.2) is 66.4 Å². The van der Waals surface area contributed by atoms with Crippen LogP contribution in [0.2, 0.25) is 0 Å². The average molecular weight is 418 g/mol. The van der Waals surface area contributed by atoms with Crippen molar-refractivity contribution in [2.24, 2.45) is 0 Å². The first kappa shape index (κ1) is 20.5. The van der Waals surface area contributed by atoms with Crippen LogP contribution in [-0.4, -0.2) is 11.8 Å². The van der Waals surface area contributed by atoms with Crippen molar-refractivity contribution in [3.63, 3.8) is 0 Å². The molecule has 0 atom stereocenters. The molecule has 0 unspecified atom stereocenters. The quantitative estimate of drug-likeness (QED) is 0.586. The Hall–Kier alpha value is -3.80. The van der Waals surface area contributed by atoms with Gasteiger partial charge in [-0.15, -0.1) is 0 Å². The molecule has 156 valence electrons. The van der Waals surface area contributed by atoms with Crippen molar-refractivity contribution in [2.45, 2.75) is 20.8 Å². The molecular weight excluding hydrogens is 398 g/mol. The van der Waals surface area contributed by atoms with Gasteiger partial charge in [-0.3, -0.25) is 9.59 Å². The van der Waals surface area contributed by atoms with Crippen LogP contribution in [0.3, 0.4) is 0 Å². The molecule has 0 spiro atoms. The minimum atomic E-state index is -1.13. The van der Waals surface area contributed by atoms with E-state index in [0.29, 0.717) is 11.3 Å². The summed E-state index contributed by atoms with van der Waals surface area (Å²) >= 11 is 0. The number of nitrogens with one attached hydrogen (secondary N) is 1. The van der Waals surface area contributed by atoms with E-state index in [9.17, 15) is 18.4 Å². The maximum absolute atomic E-state index is 13.8. The van der Waals surface area contributed by atoms with Gasteiger partial charge in [-0.2, -0.15) is 0 Å². The number of anilines is 2. The Morgan fingerprint density at radius 2 is 1.42 bits per heavy atom. The fourth-order valence-electron chi connectivity index (χ4n) is 3.63. The molecule has 0 bridgehead atoms. The zero-order valence-corrected chi connectivity index (χ0v) is 17.3. The highest BCUT2D eigenvalue weighted by atomic mass is 19.2. The Bertz CT molecular complexity index is 1250. The predicted octanol–water partition coefficient (Wildman–Crippen LogP) is 5.29. The highest BCUT2D eigenvalue weighted by Gasteiger charge is 2.41. The van der Waals surface area contributed by atoms with Gasteiger partial charge in [-0.1, -0.05) is 41.5 Å². The van der Waals surface area contributed by atoms with Crippen LogP contribution in [0.25, 0.3) is 5.57 Å². The highest BCUT2D eigenvalue weighted by Crippen LogP contribution is 2.35. The average Bonchev–Trinajstić information content (AvgIpc) is 2.96. The first-order valence-corrected chi connectivity index (χ1v) is 9.75. The fraction of sp³-hybridized carbons (Fsp3) is 0.120. The van der Waals surface area contributed by atoms with Gasteiger partial charge in [0.05, 0.1) is 11.3 Å². The van der Waals surface area contributed by atoms with Crippen LogP contribution in [0.1, 0.15) is 22.3 Å². The molecule has 0 radical (unpaired) electrons. The smallest absolute Gasteiger partial charge is 0.282 e. The third-order valence-electron chi connectivity index (χ3n) is 5.22. The van der Waals surface area contributed by atoms with Crippen LogP contribution in [0.4, 0.5) is 20.2 Å². The molecule has 1 aliphatic heterocycles. The lowest BCUT2D eigenvalue weighted by Gasteiger charge is -2.16. The Morgan fingerprint density at radius 1 is 0.742 bits per heavy atom. The van der Waals surface area contributed by atoms with Crippen LogP contribution in [0, 0.1) is 32.4 Å². The van der Waals surface area contributed by atoms with E-state index >= 15 is 0 Å². The van der Waals surface area contributed by atoms with Crippen molar-refractivity contribution in [1.82, 2.24) is 0 Å². The lowest BCUT2D eigenvalue weighted by atomic mass is 9.97.